The van der Waals surface area contributed by atoms with Gasteiger partial charge in [-0.05, 0) is 23.8 Å². The minimum atomic E-state index is 0.191. The molecule has 5 heteroatoms. The zero-order valence-corrected chi connectivity index (χ0v) is 9.59. The monoisotopic (exact) mass is 240 g/mol. The second-order valence-electron chi connectivity index (χ2n) is 4.03. The van der Waals surface area contributed by atoms with Crippen molar-refractivity contribution in [1.29, 1.82) is 0 Å². The number of aromatic hydroxyl groups is 1. The number of aromatic nitrogens is 3. The van der Waals surface area contributed by atoms with Crippen LogP contribution in [0.1, 0.15) is 5.56 Å². The number of hydrogen-bond donors (Lipinski definition) is 3. The van der Waals surface area contributed by atoms with Crippen LogP contribution in [0.2, 0.25) is 0 Å². The largest absolute Gasteiger partial charge is 0.507 e. The molecule has 0 unspecified atom stereocenters. The topological polar surface area (TPSA) is 87.8 Å². The van der Waals surface area contributed by atoms with Crippen molar-refractivity contribution in [3.05, 3.63) is 42.1 Å². The summed E-state index contributed by atoms with van der Waals surface area (Å²) in [7, 11) is 0. The molecule has 0 spiro atoms. The van der Waals surface area contributed by atoms with Crippen LogP contribution in [0, 0.1) is 0 Å². The van der Waals surface area contributed by atoms with Crippen molar-refractivity contribution in [2.24, 2.45) is 5.73 Å². The first-order chi connectivity index (χ1) is 8.79. The molecular weight excluding hydrogens is 228 g/mol. The van der Waals surface area contributed by atoms with E-state index in [-0.39, 0.29) is 5.75 Å². The standard InChI is InChI=1S/C13H12N4O/c14-6-8-7-15-13-10(8)5-11(16-17-13)9-3-1-2-4-12(9)18/h1-5,7,18H,6,14H2,(H,15,17). The maximum Gasteiger partial charge on any atom is 0.160 e. The van der Waals surface area contributed by atoms with Crippen LogP contribution in [-0.2, 0) is 6.54 Å². The number of fused-ring (bicyclic) bond motifs is 1. The van der Waals surface area contributed by atoms with Crippen molar-refractivity contribution in [2.75, 3.05) is 0 Å². The van der Waals surface area contributed by atoms with Crippen molar-refractivity contribution in [3.8, 4) is 17.0 Å². The van der Waals surface area contributed by atoms with Gasteiger partial charge in [-0.15, -0.1) is 10.2 Å². The van der Waals surface area contributed by atoms with Crippen LogP contribution >= 0.6 is 0 Å². The van der Waals surface area contributed by atoms with Gasteiger partial charge in [0.05, 0.1) is 5.69 Å². The van der Waals surface area contributed by atoms with Gasteiger partial charge in [-0.1, -0.05) is 12.1 Å². The van der Waals surface area contributed by atoms with Crippen LogP contribution < -0.4 is 5.73 Å². The lowest BCUT2D eigenvalue weighted by Gasteiger charge is -2.03. The molecule has 0 aliphatic rings. The van der Waals surface area contributed by atoms with Gasteiger partial charge >= 0.3 is 0 Å². The summed E-state index contributed by atoms with van der Waals surface area (Å²) >= 11 is 0. The Morgan fingerprint density at radius 2 is 2.06 bits per heavy atom. The second kappa shape index (κ2) is 4.12. The number of nitrogens with one attached hydrogen (secondary N) is 1. The molecule has 90 valence electrons. The Balaban J connectivity index is 2.21. The molecule has 4 N–H and O–H groups in total. The smallest absolute Gasteiger partial charge is 0.160 e. The summed E-state index contributed by atoms with van der Waals surface area (Å²) in [6.45, 7) is 0.436. The Morgan fingerprint density at radius 3 is 2.83 bits per heavy atom. The number of para-hydroxylation sites is 1. The number of hydrogen-bond acceptors (Lipinski definition) is 4. The Labute approximate surface area is 103 Å². The van der Waals surface area contributed by atoms with Crippen LogP contribution in [0.15, 0.2) is 36.5 Å². The van der Waals surface area contributed by atoms with Gasteiger partial charge in [-0.25, -0.2) is 0 Å². The molecular formula is C13H12N4O. The van der Waals surface area contributed by atoms with Crippen molar-refractivity contribution in [3.63, 3.8) is 0 Å². The minimum Gasteiger partial charge on any atom is -0.507 e. The molecule has 0 atom stereocenters. The van der Waals surface area contributed by atoms with Gasteiger partial charge in [-0.3, -0.25) is 0 Å². The van der Waals surface area contributed by atoms with E-state index in [9.17, 15) is 5.11 Å². The van der Waals surface area contributed by atoms with E-state index >= 15 is 0 Å². The minimum absolute atomic E-state index is 0.191. The zero-order valence-electron chi connectivity index (χ0n) is 9.59. The van der Waals surface area contributed by atoms with E-state index in [1.165, 1.54) is 0 Å². The van der Waals surface area contributed by atoms with E-state index in [4.69, 9.17) is 5.73 Å². The van der Waals surface area contributed by atoms with E-state index in [2.05, 4.69) is 15.2 Å². The number of phenols is 1. The number of nitrogens with two attached hydrogens (primary N) is 1. The normalized spacial score (nSPS) is 10.9. The third-order valence-corrected chi connectivity index (χ3v) is 2.92. The van der Waals surface area contributed by atoms with Crippen molar-refractivity contribution in [2.45, 2.75) is 6.54 Å². The highest BCUT2D eigenvalue weighted by molar-refractivity contribution is 5.83. The van der Waals surface area contributed by atoms with Gasteiger partial charge in [0.15, 0.2) is 5.65 Å². The molecule has 2 heterocycles. The molecule has 0 radical (unpaired) electrons. The zero-order chi connectivity index (χ0) is 12.5. The molecule has 0 aliphatic heterocycles. The predicted molar refractivity (Wildman–Crippen MR) is 68.9 cm³/mol. The van der Waals surface area contributed by atoms with Gasteiger partial charge in [0.25, 0.3) is 0 Å². The van der Waals surface area contributed by atoms with E-state index < -0.39 is 0 Å². The number of nitrogens with zero attached hydrogens (tertiary/aromatic N) is 2. The van der Waals surface area contributed by atoms with Gasteiger partial charge in [0, 0.05) is 23.7 Å². The Bertz CT molecular complexity index is 705. The molecule has 18 heavy (non-hydrogen) atoms. The lowest BCUT2D eigenvalue weighted by Crippen LogP contribution is -1.95. The van der Waals surface area contributed by atoms with Crippen molar-refractivity contribution < 1.29 is 5.11 Å². The van der Waals surface area contributed by atoms with Gasteiger partial charge in [0.1, 0.15) is 5.75 Å². The summed E-state index contributed by atoms with van der Waals surface area (Å²) in [5, 5.41) is 18.9. The van der Waals surface area contributed by atoms with Crippen molar-refractivity contribution >= 4 is 11.0 Å². The predicted octanol–water partition coefficient (Wildman–Crippen LogP) is 1.79. The second-order valence-corrected chi connectivity index (χ2v) is 4.03. The lowest BCUT2D eigenvalue weighted by molar-refractivity contribution is 0.477. The van der Waals surface area contributed by atoms with Crippen LogP contribution in [0.25, 0.3) is 22.3 Å². The highest BCUT2D eigenvalue weighted by Crippen LogP contribution is 2.28. The summed E-state index contributed by atoms with van der Waals surface area (Å²) in [4.78, 5) is 3.02. The fourth-order valence-electron chi connectivity index (χ4n) is 1.97. The molecule has 0 bridgehead atoms. The van der Waals surface area contributed by atoms with Crippen LogP contribution in [0.3, 0.4) is 0 Å². The summed E-state index contributed by atoms with van der Waals surface area (Å²) in [5.41, 5.74) is 8.64. The number of H-pyrrole nitrogens is 1. The van der Waals surface area contributed by atoms with Crippen LogP contribution in [0.5, 0.6) is 5.75 Å². The van der Waals surface area contributed by atoms with Crippen LogP contribution in [-0.4, -0.2) is 20.3 Å². The molecule has 0 saturated carbocycles. The first-order valence-corrected chi connectivity index (χ1v) is 5.61. The summed E-state index contributed by atoms with van der Waals surface area (Å²) in [6, 6.07) is 8.94. The molecule has 0 fully saturated rings. The number of rotatable bonds is 2. The van der Waals surface area contributed by atoms with Crippen LogP contribution in [0.4, 0.5) is 0 Å². The fraction of sp³-hybridized carbons (Fsp3) is 0.0769. The maximum absolute atomic E-state index is 9.81. The third kappa shape index (κ3) is 1.61. The molecule has 1 aromatic carbocycles. The first-order valence-electron chi connectivity index (χ1n) is 5.61. The third-order valence-electron chi connectivity index (χ3n) is 2.92. The highest BCUT2D eigenvalue weighted by atomic mass is 16.3. The van der Waals surface area contributed by atoms with Gasteiger partial charge in [-0.2, -0.15) is 0 Å². The summed E-state index contributed by atoms with van der Waals surface area (Å²) in [6.07, 6.45) is 1.83. The lowest BCUT2D eigenvalue weighted by atomic mass is 10.1. The average Bonchev–Trinajstić information content (AvgIpc) is 2.81. The molecule has 0 amide bonds. The molecule has 3 rings (SSSR count). The quantitative estimate of drug-likeness (QED) is 0.637. The van der Waals surface area contributed by atoms with Gasteiger partial charge in [0.2, 0.25) is 0 Å². The van der Waals surface area contributed by atoms with E-state index in [0.29, 0.717) is 23.4 Å². The fourth-order valence-corrected chi connectivity index (χ4v) is 1.97. The maximum atomic E-state index is 9.81. The van der Waals surface area contributed by atoms with Gasteiger partial charge < -0.3 is 15.8 Å². The van der Waals surface area contributed by atoms with E-state index in [1.54, 1.807) is 18.2 Å². The Kier molecular flexibility index (Phi) is 2.46. The summed E-state index contributed by atoms with van der Waals surface area (Å²) in [5.74, 6) is 0.191. The summed E-state index contributed by atoms with van der Waals surface area (Å²) < 4.78 is 0. The number of aromatic amines is 1. The Hall–Kier alpha value is -2.40. The van der Waals surface area contributed by atoms with E-state index in [1.807, 2.05) is 18.3 Å². The Morgan fingerprint density at radius 1 is 1.22 bits per heavy atom. The highest BCUT2D eigenvalue weighted by Gasteiger charge is 2.09. The van der Waals surface area contributed by atoms with E-state index in [0.717, 1.165) is 10.9 Å². The molecule has 5 nitrogen and oxygen atoms in total. The number of benzene rings is 1. The van der Waals surface area contributed by atoms with Crippen molar-refractivity contribution in [1.82, 2.24) is 15.2 Å². The number of phenolic OH excluding ortho intramolecular Hbond substituents is 1. The average molecular weight is 240 g/mol. The first kappa shape index (κ1) is 10.7. The molecule has 0 saturated heterocycles. The molecule has 3 aromatic rings. The SMILES string of the molecule is NCc1c[nH]c2nnc(-c3ccccc3O)cc12. The molecule has 2 aromatic heterocycles. The molecule has 0 aliphatic carbocycles.